The minimum Gasteiger partial charge on any atom is -0.477 e. The molecule has 6 nitrogen and oxygen atoms in total. The molecule has 0 spiro atoms. The average Bonchev–Trinajstić information content (AvgIpc) is 2.86. The van der Waals surface area contributed by atoms with Gasteiger partial charge < -0.3 is 5.11 Å². The van der Waals surface area contributed by atoms with E-state index in [-0.39, 0.29) is 6.04 Å². The van der Waals surface area contributed by atoms with Crippen molar-refractivity contribution in [3.8, 4) is 0 Å². The third kappa shape index (κ3) is 2.00. The van der Waals surface area contributed by atoms with Crippen LogP contribution in [0.4, 0.5) is 0 Å². The monoisotopic (exact) mass is 292 g/mol. The second kappa shape index (κ2) is 4.75. The smallest absolute Gasteiger partial charge is 0.342 e. The quantitative estimate of drug-likeness (QED) is 0.870. The van der Waals surface area contributed by atoms with Crippen LogP contribution in [0, 0.1) is 0 Å². The number of rotatable bonds is 2. The fourth-order valence-corrected chi connectivity index (χ4v) is 3.60. The van der Waals surface area contributed by atoms with Crippen molar-refractivity contribution >= 4 is 17.3 Å². The zero-order valence-corrected chi connectivity index (χ0v) is 11.3. The predicted octanol–water partition coefficient (Wildman–Crippen LogP) is 1.22. The van der Waals surface area contributed by atoms with Crippen molar-refractivity contribution in [3.63, 3.8) is 0 Å². The van der Waals surface area contributed by atoms with Crippen LogP contribution in [0.15, 0.2) is 27.2 Å². The summed E-state index contributed by atoms with van der Waals surface area (Å²) in [5, 5.41) is 11.0. The van der Waals surface area contributed by atoms with Crippen molar-refractivity contribution in [2.75, 3.05) is 0 Å². The van der Waals surface area contributed by atoms with E-state index in [9.17, 15) is 14.4 Å². The molecule has 104 valence electrons. The first-order chi connectivity index (χ1) is 9.58. The molecule has 0 aromatic carbocycles. The number of aromatic amines is 1. The number of aromatic carboxylic acids is 1. The number of carbonyl (C=O) groups is 1. The van der Waals surface area contributed by atoms with Crippen LogP contribution in [-0.2, 0) is 6.42 Å². The molecule has 0 saturated carbocycles. The Morgan fingerprint density at radius 2 is 2.25 bits per heavy atom. The molecule has 3 rings (SSSR count). The number of aromatic nitrogens is 2. The Balaban J connectivity index is 2.17. The van der Waals surface area contributed by atoms with E-state index in [0.717, 1.165) is 31.0 Å². The number of thiophene rings is 1. The molecule has 0 aliphatic heterocycles. The number of fused-ring (bicyclic) bond motifs is 1. The van der Waals surface area contributed by atoms with Crippen LogP contribution < -0.4 is 11.2 Å². The number of nitrogens with zero attached hydrogens (tertiary/aromatic N) is 1. The summed E-state index contributed by atoms with van der Waals surface area (Å²) in [4.78, 5) is 37.8. The summed E-state index contributed by atoms with van der Waals surface area (Å²) in [6.07, 6.45) is 3.83. The fourth-order valence-electron chi connectivity index (χ4n) is 2.62. The second-order valence-electron chi connectivity index (χ2n) is 4.72. The van der Waals surface area contributed by atoms with Gasteiger partial charge in [-0.05, 0) is 36.3 Å². The topological polar surface area (TPSA) is 92.2 Å². The minimum atomic E-state index is -1.33. The molecule has 0 radical (unpaired) electrons. The number of H-pyrrole nitrogens is 1. The highest BCUT2D eigenvalue weighted by Crippen LogP contribution is 2.35. The molecule has 0 bridgehead atoms. The first-order valence-electron chi connectivity index (χ1n) is 6.23. The van der Waals surface area contributed by atoms with E-state index >= 15 is 0 Å². The maximum atomic E-state index is 12.0. The summed E-state index contributed by atoms with van der Waals surface area (Å²) in [5.41, 5.74) is -0.789. The second-order valence-corrected chi connectivity index (χ2v) is 5.72. The zero-order valence-electron chi connectivity index (χ0n) is 10.5. The fraction of sp³-hybridized carbons (Fsp3) is 0.308. The van der Waals surface area contributed by atoms with Crippen LogP contribution in [0.1, 0.15) is 39.7 Å². The molecule has 2 heterocycles. The van der Waals surface area contributed by atoms with Crippen LogP contribution in [-0.4, -0.2) is 20.6 Å². The molecule has 7 heteroatoms. The summed E-state index contributed by atoms with van der Waals surface area (Å²) in [5.74, 6) is -1.33. The highest BCUT2D eigenvalue weighted by molar-refractivity contribution is 7.10. The number of carboxylic acids is 1. The largest absolute Gasteiger partial charge is 0.477 e. The summed E-state index contributed by atoms with van der Waals surface area (Å²) in [7, 11) is 0. The van der Waals surface area contributed by atoms with Crippen LogP contribution in [0.2, 0.25) is 0 Å². The van der Waals surface area contributed by atoms with Crippen molar-refractivity contribution in [2.45, 2.75) is 25.3 Å². The van der Waals surface area contributed by atoms with Crippen molar-refractivity contribution in [1.82, 2.24) is 9.55 Å². The van der Waals surface area contributed by atoms with Gasteiger partial charge in [0.25, 0.3) is 5.56 Å². The maximum Gasteiger partial charge on any atom is 0.342 e. The van der Waals surface area contributed by atoms with E-state index < -0.39 is 22.8 Å². The average molecular weight is 292 g/mol. The molecule has 2 N–H and O–H groups in total. The number of nitrogens with one attached hydrogen (secondary N) is 1. The van der Waals surface area contributed by atoms with Gasteiger partial charge in [0, 0.05) is 11.1 Å². The van der Waals surface area contributed by atoms with Gasteiger partial charge in [0.15, 0.2) is 0 Å². The highest BCUT2D eigenvalue weighted by atomic mass is 32.1. The van der Waals surface area contributed by atoms with Gasteiger partial charge >= 0.3 is 11.7 Å². The Labute approximate surface area is 117 Å². The minimum absolute atomic E-state index is 0.201. The predicted molar refractivity (Wildman–Crippen MR) is 73.7 cm³/mol. The number of hydrogen-bond donors (Lipinski definition) is 2. The van der Waals surface area contributed by atoms with Crippen molar-refractivity contribution in [1.29, 1.82) is 0 Å². The number of carboxylic acid groups (broad SMARTS) is 1. The van der Waals surface area contributed by atoms with E-state index in [0.29, 0.717) is 0 Å². The van der Waals surface area contributed by atoms with Gasteiger partial charge in [-0.3, -0.25) is 14.3 Å². The zero-order chi connectivity index (χ0) is 14.3. The molecule has 0 saturated heterocycles. The van der Waals surface area contributed by atoms with Gasteiger partial charge in [0.05, 0.1) is 6.04 Å². The van der Waals surface area contributed by atoms with Crippen LogP contribution in [0.3, 0.4) is 0 Å². The molecule has 1 atom stereocenters. The Kier molecular flexibility index (Phi) is 3.06. The van der Waals surface area contributed by atoms with Crippen LogP contribution in [0.5, 0.6) is 0 Å². The lowest BCUT2D eigenvalue weighted by molar-refractivity contribution is 0.0693. The highest BCUT2D eigenvalue weighted by Gasteiger charge is 2.25. The van der Waals surface area contributed by atoms with Gasteiger partial charge in [-0.1, -0.05) is 0 Å². The van der Waals surface area contributed by atoms with E-state index in [4.69, 9.17) is 5.11 Å². The van der Waals surface area contributed by atoms with Gasteiger partial charge in [-0.2, -0.15) is 0 Å². The number of hydrogen-bond acceptors (Lipinski definition) is 4. The number of aryl methyl sites for hydroxylation is 1. The van der Waals surface area contributed by atoms with Crippen molar-refractivity contribution in [2.24, 2.45) is 0 Å². The lowest BCUT2D eigenvalue weighted by Crippen LogP contribution is -2.36. The van der Waals surface area contributed by atoms with E-state index in [2.05, 4.69) is 4.98 Å². The van der Waals surface area contributed by atoms with Crippen molar-refractivity contribution < 1.29 is 9.90 Å². The molecule has 0 fully saturated rings. The Morgan fingerprint density at radius 1 is 1.45 bits per heavy atom. The maximum absolute atomic E-state index is 12.0. The Morgan fingerprint density at radius 3 is 3.00 bits per heavy atom. The molecule has 2 aromatic heterocycles. The Bertz CT molecular complexity index is 786. The van der Waals surface area contributed by atoms with Crippen LogP contribution >= 0.6 is 11.3 Å². The van der Waals surface area contributed by atoms with Gasteiger partial charge in [-0.15, -0.1) is 11.3 Å². The summed E-state index contributed by atoms with van der Waals surface area (Å²) < 4.78 is 1.33. The van der Waals surface area contributed by atoms with Gasteiger partial charge in [-0.25, -0.2) is 9.59 Å². The lowest BCUT2D eigenvalue weighted by atomic mass is 9.94. The SMILES string of the molecule is O=C(O)c1cn(C2CCCc3sccc32)c(=O)[nH]c1=O. The molecular formula is C13H12N2O4S. The van der Waals surface area contributed by atoms with E-state index in [1.807, 2.05) is 11.4 Å². The normalized spacial score (nSPS) is 17.7. The van der Waals surface area contributed by atoms with Crippen LogP contribution in [0.25, 0.3) is 0 Å². The first-order valence-corrected chi connectivity index (χ1v) is 7.11. The third-order valence-corrected chi connectivity index (χ3v) is 4.55. The molecule has 0 amide bonds. The summed E-state index contributed by atoms with van der Waals surface area (Å²) >= 11 is 1.64. The summed E-state index contributed by atoms with van der Waals surface area (Å²) in [6.45, 7) is 0. The molecule has 1 aliphatic rings. The van der Waals surface area contributed by atoms with Gasteiger partial charge in [0.1, 0.15) is 5.56 Å². The molecule has 2 aromatic rings. The Hall–Kier alpha value is -2.15. The van der Waals surface area contributed by atoms with Crippen molar-refractivity contribution in [3.05, 3.63) is 54.5 Å². The molecule has 1 aliphatic carbocycles. The molecule has 1 unspecified atom stereocenters. The first kappa shape index (κ1) is 12.9. The van der Waals surface area contributed by atoms with E-state index in [1.54, 1.807) is 11.3 Å². The summed E-state index contributed by atoms with van der Waals surface area (Å²) in [6, 6.07) is 1.76. The lowest BCUT2D eigenvalue weighted by Gasteiger charge is -2.24. The van der Waals surface area contributed by atoms with Gasteiger partial charge in [0.2, 0.25) is 0 Å². The van der Waals surface area contributed by atoms with E-state index in [1.165, 1.54) is 9.44 Å². The standard InChI is InChI=1S/C13H12N2O4S/c16-11-8(12(17)18)6-15(13(19)14-11)9-2-1-3-10-7(9)4-5-20-10/h4-6,9H,1-3H2,(H,17,18)(H,14,16,19). The third-order valence-electron chi connectivity index (χ3n) is 3.55. The molecular weight excluding hydrogens is 280 g/mol. The molecule has 20 heavy (non-hydrogen) atoms.